The molecular formula is C12H25N3S. The van der Waals surface area contributed by atoms with Gasteiger partial charge in [-0.25, -0.2) is 0 Å². The van der Waals surface area contributed by atoms with Gasteiger partial charge in [-0.1, -0.05) is 0 Å². The van der Waals surface area contributed by atoms with Crippen LogP contribution in [0.4, 0.5) is 0 Å². The summed E-state index contributed by atoms with van der Waals surface area (Å²) in [5.41, 5.74) is 6.38. The molecule has 0 amide bonds. The third-order valence-corrected chi connectivity index (χ3v) is 5.29. The Balaban J connectivity index is 2.12. The second kappa shape index (κ2) is 5.25. The Hall–Kier alpha value is 0.230. The van der Waals surface area contributed by atoms with E-state index < -0.39 is 0 Å². The number of hydrogen-bond acceptors (Lipinski definition) is 4. The number of likely N-dealkylation sites (N-methyl/N-ethyl adjacent to an activating group) is 1. The quantitative estimate of drug-likeness (QED) is 0.779. The van der Waals surface area contributed by atoms with Crippen molar-refractivity contribution in [3.63, 3.8) is 0 Å². The van der Waals surface area contributed by atoms with Crippen molar-refractivity contribution < 1.29 is 0 Å². The third kappa shape index (κ3) is 2.40. The van der Waals surface area contributed by atoms with Crippen molar-refractivity contribution in [1.29, 1.82) is 0 Å². The monoisotopic (exact) mass is 243 g/mol. The lowest BCUT2D eigenvalue weighted by atomic mass is 9.86. The minimum atomic E-state index is 0.257. The van der Waals surface area contributed by atoms with E-state index in [0.717, 1.165) is 13.1 Å². The molecule has 2 atom stereocenters. The smallest absolute Gasteiger partial charge is 0.0462 e. The minimum Gasteiger partial charge on any atom is -0.329 e. The number of nitrogens with zero attached hydrogens (tertiary/aromatic N) is 2. The number of rotatable bonds is 2. The van der Waals surface area contributed by atoms with Crippen molar-refractivity contribution in [2.24, 2.45) is 5.73 Å². The van der Waals surface area contributed by atoms with Gasteiger partial charge in [-0.3, -0.25) is 4.90 Å². The fourth-order valence-corrected chi connectivity index (χ4v) is 4.30. The van der Waals surface area contributed by atoms with Crippen molar-refractivity contribution in [1.82, 2.24) is 9.80 Å². The Morgan fingerprint density at radius 2 is 2.25 bits per heavy atom. The standard InChI is InChI=1S/C12H25N3S/c1-11-8-16-7-6-15(11)12(9-13)4-3-5-14(2)10-12/h11H,3-10,13H2,1-2H3. The topological polar surface area (TPSA) is 32.5 Å². The molecule has 0 bridgehead atoms. The van der Waals surface area contributed by atoms with Crippen molar-refractivity contribution in [3.05, 3.63) is 0 Å². The predicted octanol–water partition coefficient (Wildman–Crippen LogP) is 0.847. The van der Waals surface area contributed by atoms with Gasteiger partial charge in [0.2, 0.25) is 0 Å². The van der Waals surface area contributed by atoms with Gasteiger partial charge in [0.25, 0.3) is 0 Å². The largest absolute Gasteiger partial charge is 0.329 e. The maximum Gasteiger partial charge on any atom is 0.0462 e. The van der Waals surface area contributed by atoms with Gasteiger partial charge in [-0.15, -0.1) is 0 Å². The Labute approximate surface area is 104 Å². The molecule has 0 aromatic rings. The molecule has 16 heavy (non-hydrogen) atoms. The second-order valence-corrected chi connectivity index (χ2v) is 6.54. The van der Waals surface area contributed by atoms with Gasteiger partial charge in [0.05, 0.1) is 0 Å². The molecule has 0 saturated carbocycles. The van der Waals surface area contributed by atoms with Crippen LogP contribution in [0.15, 0.2) is 0 Å². The number of thioether (sulfide) groups is 1. The van der Waals surface area contributed by atoms with Gasteiger partial charge in [0.15, 0.2) is 0 Å². The van der Waals surface area contributed by atoms with Crippen LogP contribution in [0.2, 0.25) is 0 Å². The molecule has 0 aromatic carbocycles. The molecule has 4 heteroatoms. The minimum absolute atomic E-state index is 0.257. The highest BCUT2D eigenvalue weighted by molar-refractivity contribution is 7.99. The predicted molar refractivity (Wildman–Crippen MR) is 72.0 cm³/mol. The average molecular weight is 243 g/mol. The summed E-state index contributed by atoms with van der Waals surface area (Å²) >= 11 is 2.08. The molecule has 0 aliphatic carbocycles. The summed E-state index contributed by atoms with van der Waals surface area (Å²) in [6, 6.07) is 0.689. The van der Waals surface area contributed by atoms with E-state index in [1.807, 2.05) is 0 Å². The summed E-state index contributed by atoms with van der Waals surface area (Å²) in [4.78, 5) is 5.14. The molecular weight excluding hydrogens is 218 g/mol. The van der Waals surface area contributed by atoms with Crippen LogP contribution in [0.3, 0.4) is 0 Å². The molecule has 2 N–H and O–H groups in total. The van der Waals surface area contributed by atoms with Gasteiger partial charge in [0.1, 0.15) is 0 Å². The fourth-order valence-electron chi connectivity index (χ4n) is 3.29. The highest BCUT2D eigenvalue weighted by Crippen LogP contribution is 2.31. The van der Waals surface area contributed by atoms with E-state index in [-0.39, 0.29) is 5.54 Å². The molecule has 2 fully saturated rings. The third-order valence-electron chi connectivity index (χ3n) is 4.10. The maximum atomic E-state index is 6.12. The van der Waals surface area contributed by atoms with Crippen LogP contribution in [-0.4, -0.2) is 66.1 Å². The Bertz CT molecular complexity index is 236. The molecule has 2 unspecified atom stereocenters. The van der Waals surface area contributed by atoms with E-state index in [9.17, 15) is 0 Å². The van der Waals surface area contributed by atoms with E-state index in [0.29, 0.717) is 6.04 Å². The SMILES string of the molecule is CC1CSCCN1C1(CN)CCCN(C)C1. The van der Waals surface area contributed by atoms with E-state index in [1.165, 1.54) is 37.4 Å². The van der Waals surface area contributed by atoms with Crippen molar-refractivity contribution in [2.75, 3.05) is 44.7 Å². The van der Waals surface area contributed by atoms with Crippen LogP contribution < -0.4 is 5.73 Å². The van der Waals surface area contributed by atoms with Crippen LogP contribution in [0.25, 0.3) is 0 Å². The summed E-state index contributed by atoms with van der Waals surface area (Å²) in [6.45, 7) is 6.78. The first kappa shape index (κ1) is 12.7. The van der Waals surface area contributed by atoms with Crippen LogP contribution in [-0.2, 0) is 0 Å². The van der Waals surface area contributed by atoms with E-state index in [1.54, 1.807) is 0 Å². The van der Waals surface area contributed by atoms with Crippen LogP contribution in [0, 0.1) is 0 Å². The Morgan fingerprint density at radius 1 is 1.44 bits per heavy atom. The van der Waals surface area contributed by atoms with Gasteiger partial charge >= 0.3 is 0 Å². The van der Waals surface area contributed by atoms with Gasteiger partial charge in [-0.05, 0) is 33.4 Å². The van der Waals surface area contributed by atoms with Crippen LogP contribution in [0.1, 0.15) is 19.8 Å². The van der Waals surface area contributed by atoms with Crippen LogP contribution in [0.5, 0.6) is 0 Å². The zero-order chi connectivity index (χ0) is 11.6. The van der Waals surface area contributed by atoms with E-state index in [4.69, 9.17) is 5.73 Å². The van der Waals surface area contributed by atoms with Crippen molar-refractivity contribution in [2.45, 2.75) is 31.3 Å². The zero-order valence-electron chi connectivity index (χ0n) is 10.6. The Kier molecular flexibility index (Phi) is 4.16. The molecule has 0 spiro atoms. The summed E-state index contributed by atoms with van der Waals surface area (Å²) in [6.07, 6.45) is 2.58. The highest BCUT2D eigenvalue weighted by Gasteiger charge is 2.41. The van der Waals surface area contributed by atoms with Gasteiger partial charge < -0.3 is 10.6 Å². The first-order chi connectivity index (χ1) is 7.68. The normalized spacial score (nSPS) is 38.8. The first-order valence-electron chi connectivity index (χ1n) is 6.41. The second-order valence-electron chi connectivity index (χ2n) is 5.39. The summed E-state index contributed by atoms with van der Waals surface area (Å²) < 4.78 is 0. The van der Waals surface area contributed by atoms with Gasteiger partial charge in [-0.2, -0.15) is 11.8 Å². The fraction of sp³-hybridized carbons (Fsp3) is 1.00. The lowest BCUT2D eigenvalue weighted by Gasteiger charge is -2.52. The molecule has 2 rings (SSSR count). The van der Waals surface area contributed by atoms with Crippen molar-refractivity contribution >= 4 is 11.8 Å². The molecule has 2 aliphatic heterocycles. The summed E-state index contributed by atoms with van der Waals surface area (Å²) in [5.74, 6) is 2.54. The Morgan fingerprint density at radius 3 is 2.88 bits per heavy atom. The average Bonchev–Trinajstić information content (AvgIpc) is 2.29. The number of hydrogen-bond donors (Lipinski definition) is 1. The number of likely N-dealkylation sites (tertiary alicyclic amines) is 1. The van der Waals surface area contributed by atoms with E-state index in [2.05, 4.69) is 35.5 Å². The molecule has 2 heterocycles. The molecule has 3 nitrogen and oxygen atoms in total. The highest BCUT2D eigenvalue weighted by atomic mass is 32.2. The van der Waals surface area contributed by atoms with Crippen molar-refractivity contribution in [3.8, 4) is 0 Å². The molecule has 2 aliphatic rings. The summed E-state index contributed by atoms with van der Waals surface area (Å²) in [5, 5.41) is 0. The lowest BCUT2D eigenvalue weighted by Crippen LogP contribution is -2.65. The maximum absolute atomic E-state index is 6.12. The molecule has 0 aromatic heterocycles. The molecule has 0 radical (unpaired) electrons. The zero-order valence-corrected chi connectivity index (χ0v) is 11.4. The van der Waals surface area contributed by atoms with Crippen LogP contribution >= 0.6 is 11.8 Å². The van der Waals surface area contributed by atoms with E-state index >= 15 is 0 Å². The lowest BCUT2D eigenvalue weighted by molar-refractivity contribution is 0.00814. The number of piperidine rings is 1. The molecule has 2 saturated heterocycles. The summed E-state index contributed by atoms with van der Waals surface area (Å²) in [7, 11) is 2.23. The number of nitrogens with two attached hydrogens (primary N) is 1. The first-order valence-corrected chi connectivity index (χ1v) is 7.56. The van der Waals surface area contributed by atoms with Gasteiger partial charge in [0, 0.05) is 42.7 Å². The molecule has 94 valence electrons.